The largest absolute Gasteiger partial charge is 0.497 e. The summed E-state index contributed by atoms with van der Waals surface area (Å²) in [6, 6.07) is 14.6. The maximum absolute atomic E-state index is 12.4. The summed E-state index contributed by atoms with van der Waals surface area (Å²) in [6.45, 7) is 4.23. The Bertz CT molecular complexity index is 927. The summed E-state index contributed by atoms with van der Waals surface area (Å²) in [7, 11) is 1.59. The first-order valence-electron chi connectivity index (χ1n) is 8.78. The van der Waals surface area contributed by atoms with Crippen molar-refractivity contribution in [1.82, 2.24) is 10.2 Å². The van der Waals surface area contributed by atoms with E-state index in [0.29, 0.717) is 29.2 Å². The fourth-order valence-corrected chi connectivity index (χ4v) is 3.10. The van der Waals surface area contributed by atoms with Gasteiger partial charge in [-0.05, 0) is 50.2 Å². The molecule has 1 aromatic heterocycles. The predicted octanol–water partition coefficient (Wildman–Crippen LogP) is 4.26. The molecular formula is C20H21N3O4S. The molecule has 1 heterocycles. The molecule has 7 nitrogen and oxygen atoms in total. The lowest BCUT2D eigenvalue weighted by Crippen LogP contribution is -2.22. The van der Waals surface area contributed by atoms with Crippen molar-refractivity contribution < 1.29 is 18.7 Å². The molecule has 0 aliphatic heterocycles. The number of amides is 1. The second kappa shape index (κ2) is 9.27. The molecule has 8 heteroatoms. The number of hydrogen-bond donors (Lipinski definition) is 1. The number of ether oxygens (including phenoxy) is 2. The van der Waals surface area contributed by atoms with Gasteiger partial charge in [0.05, 0.1) is 24.5 Å². The molecule has 0 fully saturated rings. The van der Waals surface area contributed by atoms with Gasteiger partial charge >= 0.3 is 0 Å². The average Bonchev–Trinajstić information content (AvgIpc) is 3.17. The molecule has 0 radical (unpaired) electrons. The molecule has 0 saturated carbocycles. The molecule has 0 aliphatic rings. The lowest BCUT2D eigenvalue weighted by atomic mass is 10.2. The SMILES string of the molecule is CCOc1ccccc1-c1nnc(S[C@H](C)C(=O)Nc2ccc(OC)cc2)o1. The van der Waals surface area contributed by atoms with Crippen molar-refractivity contribution in [3.63, 3.8) is 0 Å². The Balaban J connectivity index is 1.64. The molecule has 0 unspecified atom stereocenters. The van der Waals surface area contributed by atoms with Gasteiger partial charge in [-0.2, -0.15) is 0 Å². The van der Waals surface area contributed by atoms with E-state index in [1.54, 1.807) is 38.3 Å². The molecule has 0 saturated heterocycles. The van der Waals surface area contributed by atoms with Crippen molar-refractivity contribution in [2.45, 2.75) is 24.3 Å². The normalized spacial score (nSPS) is 11.7. The van der Waals surface area contributed by atoms with Crippen molar-refractivity contribution in [1.29, 1.82) is 0 Å². The highest BCUT2D eigenvalue weighted by Gasteiger charge is 2.20. The number of aromatic nitrogens is 2. The quantitative estimate of drug-likeness (QED) is 0.566. The van der Waals surface area contributed by atoms with Crippen LogP contribution >= 0.6 is 11.8 Å². The Morgan fingerprint density at radius 3 is 2.64 bits per heavy atom. The highest BCUT2D eigenvalue weighted by atomic mass is 32.2. The number of nitrogens with zero attached hydrogens (tertiary/aromatic N) is 2. The average molecular weight is 399 g/mol. The van der Waals surface area contributed by atoms with Crippen LogP contribution in [0.25, 0.3) is 11.5 Å². The van der Waals surface area contributed by atoms with Crippen LogP contribution in [0.1, 0.15) is 13.8 Å². The Hall–Kier alpha value is -3.00. The van der Waals surface area contributed by atoms with Crippen LogP contribution in [0.2, 0.25) is 0 Å². The fourth-order valence-electron chi connectivity index (χ4n) is 2.41. The van der Waals surface area contributed by atoms with Crippen LogP contribution in [0.5, 0.6) is 11.5 Å². The van der Waals surface area contributed by atoms with Crippen molar-refractivity contribution >= 4 is 23.4 Å². The maximum atomic E-state index is 12.4. The zero-order chi connectivity index (χ0) is 19.9. The Morgan fingerprint density at radius 1 is 1.18 bits per heavy atom. The third-order valence-corrected chi connectivity index (χ3v) is 4.76. The van der Waals surface area contributed by atoms with Crippen LogP contribution in [0.15, 0.2) is 58.2 Å². The first-order valence-corrected chi connectivity index (χ1v) is 9.66. The number of benzene rings is 2. The Morgan fingerprint density at radius 2 is 1.93 bits per heavy atom. The number of hydrogen-bond acceptors (Lipinski definition) is 7. The molecule has 3 rings (SSSR count). The first-order chi connectivity index (χ1) is 13.6. The summed E-state index contributed by atoms with van der Waals surface area (Å²) in [5.74, 6) is 1.60. The second-order valence-electron chi connectivity index (χ2n) is 5.78. The molecule has 3 aromatic rings. The van der Waals surface area contributed by atoms with Gasteiger partial charge in [-0.1, -0.05) is 23.9 Å². The molecule has 0 spiro atoms. The molecule has 146 valence electrons. The first kappa shape index (κ1) is 19.8. The van der Waals surface area contributed by atoms with E-state index in [1.807, 2.05) is 31.2 Å². The Labute approximate surface area is 167 Å². The standard InChI is InChI=1S/C20H21N3O4S/c1-4-26-17-8-6-5-7-16(17)19-22-23-20(27-19)28-13(2)18(24)21-14-9-11-15(25-3)12-10-14/h5-13H,4H2,1-3H3,(H,21,24)/t13-/m1/s1. The van der Waals surface area contributed by atoms with Gasteiger partial charge in [-0.25, -0.2) is 0 Å². The lowest BCUT2D eigenvalue weighted by Gasteiger charge is -2.10. The minimum atomic E-state index is -0.419. The number of rotatable bonds is 8. The van der Waals surface area contributed by atoms with Gasteiger partial charge < -0.3 is 19.2 Å². The van der Waals surface area contributed by atoms with E-state index in [9.17, 15) is 4.79 Å². The molecule has 0 aliphatic carbocycles. The van der Waals surface area contributed by atoms with E-state index < -0.39 is 5.25 Å². The maximum Gasteiger partial charge on any atom is 0.277 e. The number of carbonyl (C=O) groups is 1. The lowest BCUT2D eigenvalue weighted by molar-refractivity contribution is -0.115. The number of thioether (sulfide) groups is 1. The zero-order valence-corrected chi connectivity index (χ0v) is 16.7. The van der Waals surface area contributed by atoms with Crippen LogP contribution in [0.3, 0.4) is 0 Å². The summed E-state index contributed by atoms with van der Waals surface area (Å²) >= 11 is 1.20. The van der Waals surface area contributed by atoms with E-state index in [2.05, 4.69) is 15.5 Å². The van der Waals surface area contributed by atoms with Gasteiger partial charge in [0.2, 0.25) is 5.91 Å². The van der Waals surface area contributed by atoms with Crippen molar-refractivity contribution in [2.24, 2.45) is 0 Å². The van der Waals surface area contributed by atoms with E-state index in [-0.39, 0.29) is 5.91 Å². The van der Waals surface area contributed by atoms with Crippen LogP contribution in [0, 0.1) is 0 Å². The summed E-state index contributed by atoms with van der Waals surface area (Å²) in [6.07, 6.45) is 0. The molecule has 1 atom stereocenters. The van der Waals surface area contributed by atoms with Crippen molar-refractivity contribution in [3.8, 4) is 23.0 Å². The van der Waals surface area contributed by atoms with Crippen LogP contribution in [-0.4, -0.2) is 35.1 Å². The summed E-state index contributed by atoms with van der Waals surface area (Å²) in [4.78, 5) is 12.4. The third kappa shape index (κ3) is 4.83. The highest BCUT2D eigenvalue weighted by molar-refractivity contribution is 8.00. The number of methoxy groups -OCH3 is 1. The van der Waals surface area contributed by atoms with Crippen LogP contribution in [0.4, 0.5) is 5.69 Å². The molecule has 1 N–H and O–H groups in total. The molecule has 2 aromatic carbocycles. The zero-order valence-electron chi connectivity index (χ0n) is 15.8. The second-order valence-corrected chi connectivity index (χ2v) is 7.07. The van der Waals surface area contributed by atoms with E-state index in [0.717, 1.165) is 11.3 Å². The van der Waals surface area contributed by atoms with Gasteiger partial charge in [0.15, 0.2) is 0 Å². The molecule has 1 amide bonds. The smallest absolute Gasteiger partial charge is 0.277 e. The highest BCUT2D eigenvalue weighted by Crippen LogP contribution is 2.32. The number of anilines is 1. The minimum Gasteiger partial charge on any atom is -0.497 e. The van der Waals surface area contributed by atoms with Gasteiger partial charge in [-0.3, -0.25) is 4.79 Å². The van der Waals surface area contributed by atoms with Gasteiger partial charge in [0, 0.05) is 5.69 Å². The monoisotopic (exact) mass is 399 g/mol. The van der Waals surface area contributed by atoms with E-state index in [4.69, 9.17) is 13.9 Å². The van der Waals surface area contributed by atoms with Crippen LogP contribution < -0.4 is 14.8 Å². The van der Waals surface area contributed by atoms with Crippen LogP contribution in [-0.2, 0) is 4.79 Å². The number of carbonyl (C=O) groups excluding carboxylic acids is 1. The number of para-hydroxylation sites is 1. The Kier molecular flexibility index (Phi) is 6.54. The summed E-state index contributed by atoms with van der Waals surface area (Å²) in [5.41, 5.74) is 1.41. The molecule has 28 heavy (non-hydrogen) atoms. The summed E-state index contributed by atoms with van der Waals surface area (Å²) in [5, 5.41) is 10.9. The van der Waals surface area contributed by atoms with E-state index in [1.165, 1.54) is 11.8 Å². The van der Waals surface area contributed by atoms with Crippen molar-refractivity contribution in [3.05, 3.63) is 48.5 Å². The van der Waals surface area contributed by atoms with Crippen molar-refractivity contribution in [2.75, 3.05) is 19.0 Å². The fraction of sp³-hybridized carbons (Fsp3) is 0.250. The summed E-state index contributed by atoms with van der Waals surface area (Å²) < 4.78 is 16.4. The predicted molar refractivity (Wildman–Crippen MR) is 108 cm³/mol. The van der Waals surface area contributed by atoms with Gasteiger partial charge in [0.25, 0.3) is 11.1 Å². The number of nitrogens with one attached hydrogen (secondary N) is 1. The molecular weight excluding hydrogens is 378 g/mol. The van der Waals surface area contributed by atoms with Gasteiger partial charge in [-0.15, -0.1) is 10.2 Å². The topological polar surface area (TPSA) is 86.5 Å². The minimum absolute atomic E-state index is 0.162. The third-order valence-electron chi connectivity index (χ3n) is 3.83. The molecule has 0 bridgehead atoms. The van der Waals surface area contributed by atoms with E-state index >= 15 is 0 Å². The van der Waals surface area contributed by atoms with Gasteiger partial charge in [0.1, 0.15) is 11.5 Å².